The van der Waals surface area contributed by atoms with E-state index in [9.17, 15) is 22.6 Å². The second kappa shape index (κ2) is 8.41. The van der Waals surface area contributed by atoms with Crippen LogP contribution in [0, 0.1) is 0 Å². The lowest BCUT2D eigenvalue weighted by atomic mass is 10.7. The molecule has 0 saturated carbocycles. The van der Waals surface area contributed by atoms with Gasteiger partial charge in [0.1, 0.15) is 12.4 Å². The molecule has 0 aromatic carbocycles. The minimum Gasteiger partial charge on any atom is -0.756 e. The average molecular weight is 318 g/mol. The van der Waals surface area contributed by atoms with Crippen LogP contribution in [0.25, 0.3) is 0 Å². The summed E-state index contributed by atoms with van der Waals surface area (Å²) in [5.41, 5.74) is 0. The molecule has 10 heteroatoms. The van der Waals surface area contributed by atoms with Crippen LogP contribution in [0.1, 0.15) is 13.8 Å². The van der Waals surface area contributed by atoms with Crippen molar-refractivity contribution >= 4 is 7.82 Å². The standard InChI is InChI=1S/C6H11N2.C4H8F3O4P/c1-3-8-5-4-7(2)6-8;1-2-10-12(8,9)11-3-4(5,6)7/h4-6H,3H2,1-2H3;2-3H2,1H3,(H,8,9)/q+1;/p-1. The Morgan fingerprint density at radius 1 is 1.35 bits per heavy atom. The van der Waals surface area contributed by atoms with E-state index in [2.05, 4.69) is 33.1 Å². The van der Waals surface area contributed by atoms with Gasteiger partial charge >= 0.3 is 6.18 Å². The van der Waals surface area contributed by atoms with Crippen LogP contribution in [0.2, 0.25) is 0 Å². The molecule has 6 nitrogen and oxygen atoms in total. The summed E-state index contributed by atoms with van der Waals surface area (Å²) in [6.07, 6.45) is 1.47. The van der Waals surface area contributed by atoms with Gasteiger partial charge in [-0.3, -0.25) is 4.57 Å². The number of phosphoric acid groups is 1. The Hall–Kier alpha value is -0.890. The molecule has 0 radical (unpaired) electrons. The Kier molecular flexibility index (Phi) is 8.03. The molecule has 1 rings (SSSR count). The maximum atomic E-state index is 11.4. The van der Waals surface area contributed by atoms with Gasteiger partial charge in [-0.15, -0.1) is 0 Å². The van der Waals surface area contributed by atoms with E-state index in [1.54, 1.807) is 0 Å². The number of aryl methyl sites for hydroxylation is 2. The molecule has 0 amide bonds. The molecule has 0 saturated heterocycles. The van der Waals surface area contributed by atoms with Crippen LogP contribution in [0.15, 0.2) is 18.7 Å². The van der Waals surface area contributed by atoms with Crippen molar-refractivity contribution < 1.29 is 36.2 Å². The van der Waals surface area contributed by atoms with Gasteiger partial charge in [0.25, 0.3) is 7.82 Å². The normalized spacial score (nSPS) is 14.3. The highest BCUT2D eigenvalue weighted by molar-refractivity contribution is 7.45. The number of aromatic nitrogens is 2. The van der Waals surface area contributed by atoms with Crippen molar-refractivity contribution in [3.63, 3.8) is 0 Å². The fourth-order valence-electron chi connectivity index (χ4n) is 1.04. The zero-order chi connectivity index (χ0) is 15.8. The number of rotatable bonds is 5. The predicted molar refractivity (Wildman–Crippen MR) is 62.5 cm³/mol. The smallest absolute Gasteiger partial charge is 0.412 e. The molecule has 0 fully saturated rings. The highest BCUT2D eigenvalue weighted by Gasteiger charge is 2.30. The number of hydrogen-bond donors (Lipinski definition) is 0. The number of imidazole rings is 1. The fourth-order valence-corrected chi connectivity index (χ4v) is 1.73. The van der Waals surface area contributed by atoms with Crippen molar-refractivity contribution in [2.75, 3.05) is 13.2 Å². The van der Waals surface area contributed by atoms with Crippen molar-refractivity contribution in [3.05, 3.63) is 18.7 Å². The summed E-state index contributed by atoms with van der Waals surface area (Å²) in [5, 5.41) is 0. The maximum Gasteiger partial charge on any atom is 0.412 e. The predicted octanol–water partition coefficient (Wildman–Crippen LogP) is 1.40. The van der Waals surface area contributed by atoms with Crippen LogP contribution in [-0.4, -0.2) is 24.0 Å². The highest BCUT2D eigenvalue weighted by atomic mass is 31.2. The van der Waals surface area contributed by atoms with E-state index in [0.29, 0.717) is 0 Å². The first-order valence-electron chi connectivity index (χ1n) is 5.77. The van der Waals surface area contributed by atoms with Gasteiger partial charge in [0.15, 0.2) is 6.61 Å². The second-order valence-electron chi connectivity index (χ2n) is 3.66. The van der Waals surface area contributed by atoms with Crippen LogP contribution in [0.4, 0.5) is 13.2 Å². The van der Waals surface area contributed by atoms with Crippen LogP contribution < -0.4 is 9.46 Å². The highest BCUT2D eigenvalue weighted by Crippen LogP contribution is 2.39. The molecule has 1 unspecified atom stereocenters. The first-order valence-corrected chi connectivity index (χ1v) is 7.23. The van der Waals surface area contributed by atoms with Gasteiger partial charge in [-0.25, -0.2) is 9.13 Å². The summed E-state index contributed by atoms with van der Waals surface area (Å²) >= 11 is 0. The molecule has 1 atom stereocenters. The molecule has 1 aromatic rings. The summed E-state index contributed by atoms with van der Waals surface area (Å²) in [6, 6.07) is 0. The van der Waals surface area contributed by atoms with Crippen LogP contribution in [0.3, 0.4) is 0 Å². The van der Waals surface area contributed by atoms with Crippen molar-refractivity contribution in [3.8, 4) is 0 Å². The minimum absolute atomic E-state index is 0.251. The van der Waals surface area contributed by atoms with E-state index in [1.807, 2.05) is 17.8 Å². The molecule has 0 aliphatic heterocycles. The molecule has 118 valence electrons. The maximum absolute atomic E-state index is 11.4. The van der Waals surface area contributed by atoms with Gasteiger partial charge in [0, 0.05) is 0 Å². The lowest BCUT2D eigenvalue weighted by Crippen LogP contribution is -2.23. The molecule has 1 aromatic heterocycles. The third kappa shape index (κ3) is 9.96. The van der Waals surface area contributed by atoms with Crippen molar-refractivity contribution in [2.24, 2.45) is 7.05 Å². The molecule has 0 bridgehead atoms. The number of hydrogen-bond acceptors (Lipinski definition) is 4. The number of halogens is 3. The third-order valence-electron chi connectivity index (χ3n) is 1.86. The molecular weight excluding hydrogens is 300 g/mol. The summed E-state index contributed by atoms with van der Waals surface area (Å²) in [7, 11) is -2.74. The largest absolute Gasteiger partial charge is 0.756 e. The Morgan fingerprint density at radius 2 is 1.95 bits per heavy atom. The van der Waals surface area contributed by atoms with Crippen LogP contribution in [-0.2, 0) is 27.2 Å². The summed E-state index contributed by atoms with van der Waals surface area (Å²) in [5.74, 6) is 0. The molecule has 1 heterocycles. The fraction of sp³-hybridized carbons (Fsp3) is 0.700. The number of phosphoric ester groups is 1. The number of alkyl halides is 3. The molecule has 0 spiro atoms. The first kappa shape index (κ1) is 19.1. The van der Waals surface area contributed by atoms with Gasteiger partial charge in [0.05, 0.1) is 20.2 Å². The topological polar surface area (TPSA) is 67.4 Å². The zero-order valence-electron chi connectivity index (χ0n) is 11.5. The van der Waals surface area contributed by atoms with Crippen molar-refractivity contribution in [1.82, 2.24) is 4.57 Å². The van der Waals surface area contributed by atoms with E-state index in [4.69, 9.17) is 0 Å². The Labute approximate surface area is 115 Å². The average Bonchev–Trinajstić information content (AvgIpc) is 2.73. The Morgan fingerprint density at radius 3 is 2.25 bits per heavy atom. The molecule has 20 heavy (non-hydrogen) atoms. The minimum atomic E-state index is -4.76. The van der Waals surface area contributed by atoms with E-state index in [0.717, 1.165) is 6.54 Å². The van der Waals surface area contributed by atoms with Crippen LogP contribution >= 0.6 is 7.82 Å². The van der Waals surface area contributed by atoms with Crippen LogP contribution in [0.5, 0.6) is 0 Å². The first-order chi connectivity index (χ1) is 9.09. The SMILES string of the molecule is CCOP(=O)([O-])OCC(F)(F)F.CCn1cc[n+](C)c1. The molecule has 0 aliphatic rings. The zero-order valence-corrected chi connectivity index (χ0v) is 12.4. The quantitative estimate of drug-likeness (QED) is 0.608. The number of nitrogens with zero attached hydrogens (tertiary/aromatic N) is 2. The van der Waals surface area contributed by atoms with Gasteiger partial charge in [-0.1, -0.05) is 0 Å². The Bertz CT molecular complexity index is 436. The Balaban J connectivity index is 0.000000388. The summed E-state index contributed by atoms with van der Waals surface area (Å²) in [6.45, 7) is 2.40. The van der Waals surface area contributed by atoms with E-state index >= 15 is 0 Å². The second-order valence-corrected chi connectivity index (χ2v) is 5.07. The van der Waals surface area contributed by atoms with Gasteiger partial charge < -0.3 is 13.9 Å². The van der Waals surface area contributed by atoms with E-state index in [1.165, 1.54) is 6.92 Å². The summed E-state index contributed by atoms with van der Waals surface area (Å²) in [4.78, 5) is 10.4. The third-order valence-corrected chi connectivity index (χ3v) is 2.88. The molecular formula is C10H18F3N2O4P. The lowest BCUT2D eigenvalue weighted by molar-refractivity contribution is -0.671. The monoisotopic (exact) mass is 318 g/mol. The van der Waals surface area contributed by atoms with E-state index < -0.39 is 20.6 Å². The van der Waals surface area contributed by atoms with Gasteiger partial charge in [-0.2, -0.15) is 13.2 Å². The van der Waals surface area contributed by atoms with Gasteiger partial charge in [0.2, 0.25) is 6.33 Å². The summed E-state index contributed by atoms with van der Waals surface area (Å²) < 4.78 is 56.1. The molecule has 0 aliphatic carbocycles. The van der Waals surface area contributed by atoms with Crippen molar-refractivity contribution in [1.29, 1.82) is 0 Å². The van der Waals surface area contributed by atoms with Crippen molar-refractivity contribution in [2.45, 2.75) is 26.6 Å². The van der Waals surface area contributed by atoms with E-state index in [-0.39, 0.29) is 6.61 Å². The molecule has 0 N–H and O–H groups in total. The van der Waals surface area contributed by atoms with Gasteiger partial charge in [-0.05, 0) is 13.8 Å². The lowest BCUT2D eigenvalue weighted by Gasteiger charge is -2.22.